The molecule has 34 heavy (non-hydrogen) atoms. The zero-order valence-electron chi connectivity index (χ0n) is 18.7. The van der Waals surface area contributed by atoms with E-state index >= 15 is 4.39 Å². The van der Waals surface area contributed by atoms with Gasteiger partial charge in [0.1, 0.15) is 17.7 Å². The predicted molar refractivity (Wildman–Crippen MR) is 153 cm³/mol. The molecule has 0 fully saturated rings. The minimum atomic E-state index is -0.385. The molecule has 1 atom stereocenters. The summed E-state index contributed by atoms with van der Waals surface area (Å²) in [6.45, 7) is 2.41. The van der Waals surface area contributed by atoms with Crippen molar-refractivity contribution in [1.29, 1.82) is 0 Å². The Morgan fingerprint density at radius 2 is 1.32 bits per heavy atom. The lowest BCUT2D eigenvalue weighted by Gasteiger charge is -2.26. The molecule has 5 heteroatoms. The largest absolute Gasteiger partial charge is 0.486 e. The molecule has 4 aromatic rings. The molecule has 174 valence electrons. The summed E-state index contributed by atoms with van der Waals surface area (Å²) < 4.78 is 23.3. The molecule has 2 nitrogen and oxygen atoms in total. The van der Waals surface area contributed by atoms with Crippen molar-refractivity contribution in [3.63, 3.8) is 0 Å². The van der Waals surface area contributed by atoms with E-state index in [4.69, 9.17) is 4.74 Å². The van der Waals surface area contributed by atoms with Crippen LogP contribution in [0.3, 0.4) is 0 Å². The van der Waals surface area contributed by atoms with Crippen molar-refractivity contribution < 1.29 is 9.13 Å². The van der Waals surface area contributed by atoms with Gasteiger partial charge in [0.05, 0.1) is 0 Å². The lowest BCUT2D eigenvalue weighted by atomic mass is 10.0. The summed E-state index contributed by atoms with van der Waals surface area (Å²) in [4.78, 5) is 2.40. The highest BCUT2D eigenvalue weighted by Gasteiger charge is 2.20. The summed E-state index contributed by atoms with van der Waals surface area (Å²) in [5.41, 5.74) is 3.11. The highest BCUT2D eigenvalue weighted by molar-refractivity contribution is 14.1. The maximum atomic E-state index is 15.0. The zero-order chi connectivity index (χ0) is 23.8. The molecule has 0 aliphatic rings. The van der Waals surface area contributed by atoms with Crippen molar-refractivity contribution in [2.75, 3.05) is 6.54 Å². The Balaban J connectivity index is 1.56. The summed E-state index contributed by atoms with van der Waals surface area (Å²) in [5, 5.41) is 0. The molecule has 0 saturated carbocycles. The standard InChI is InChI=1S/C29H26FI2NO/c30-28-19-25(32)14-15-27(28)29(34-26-13-7-12-24(31)18-26)16-17-33(20-22-8-3-1-4-9-22)21-23-10-5-2-6-11-23/h1-15,18-19,29H,16-17,20-21H2. The van der Waals surface area contributed by atoms with Crippen molar-refractivity contribution in [3.8, 4) is 5.75 Å². The molecule has 4 aromatic carbocycles. The molecule has 0 N–H and O–H groups in total. The molecule has 0 amide bonds. The topological polar surface area (TPSA) is 12.5 Å². The Hall–Kier alpha value is -1.97. The van der Waals surface area contributed by atoms with E-state index in [1.165, 1.54) is 11.1 Å². The second kappa shape index (κ2) is 12.7. The van der Waals surface area contributed by atoms with Crippen molar-refractivity contribution in [3.05, 3.63) is 133 Å². The molecule has 0 aliphatic heterocycles. The number of hydrogen-bond acceptors (Lipinski definition) is 2. The van der Waals surface area contributed by atoms with Crippen molar-refractivity contribution in [1.82, 2.24) is 4.90 Å². The Kier molecular flexibility index (Phi) is 9.35. The van der Waals surface area contributed by atoms with Crippen LogP contribution in [0, 0.1) is 13.0 Å². The molecule has 0 saturated heterocycles. The monoisotopic (exact) mass is 677 g/mol. The molecule has 0 heterocycles. The Morgan fingerprint density at radius 3 is 1.91 bits per heavy atom. The van der Waals surface area contributed by atoms with Crippen LogP contribution in [-0.2, 0) is 13.1 Å². The molecule has 0 spiro atoms. The summed E-state index contributed by atoms with van der Waals surface area (Å²) >= 11 is 4.41. The predicted octanol–water partition coefficient (Wildman–Crippen LogP) is 8.25. The molecule has 4 rings (SSSR count). The highest BCUT2D eigenvalue weighted by Crippen LogP contribution is 2.29. The smallest absolute Gasteiger partial charge is 0.131 e. The van der Waals surface area contributed by atoms with Gasteiger partial charge in [-0.2, -0.15) is 0 Å². The van der Waals surface area contributed by atoms with E-state index in [1.807, 2.05) is 48.5 Å². The van der Waals surface area contributed by atoms with E-state index in [0.29, 0.717) is 12.0 Å². The minimum absolute atomic E-state index is 0.222. The number of nitrogens with zero attached hydrogens (tertiary/aromatic N) is 1. The molecule has 0 aliphatic carbocycles. The van der Waals surface area contributed by atoms with Gasteiger partial charge in [-0.05, 0) is 86.6 Å². The summed E-state index contributed by atoms with van der Waals surface area (Å²) in [5.74, 6) is 0.535. The Bertz CT molecular complexity index is 1150. The molecular formula is C29H26FI2NO. The van der Waals surface area contributed by atoms with Gasteiger partial charge in [-0.3, -0.25) is 4.90 Å². The van der Waals surface area contributed by atoms with Gasteiger partial charge in [0, 0.05) is 38.8 Å². The van der Waals surface area contributed by atoms with Gasteiger partial charge in [-0.15, -0.1) is 0 Å². The lowest BCUT2D eigenvalue weighted by Crippen LogP contribution is -2.26. The first-order valence-electron chi connectivity index (χ1n) is 11.2. The molecule has 0 aromatic heterocycles. The van der Waals surface area contributed by atoms with Crippen LogP contribution >= 0.6 is 45.2 Å². The fourth-order valence-electron chi connectivity index (χ4n) is 3.94. The third-order valence-corrected chi connectivity index (χ3v) is 6.93. The van der Waals surface area contributed by atoms with Crippen LogP contribution in [0.2, 0.25) is 0 Å². The number of ether oxygens (including phenoxy) is 1. The van der Waals surface area contributed by atoms with E-state index in [9.17, 15) is 0 Å². The van der Waals surface area contributed by atoms with Gasteiger partial charge in [-0.25, -0.2) is 4.39 Å². The molecule has 0 bridgehead atoms. The highest BCUT2D eigenvalue weighted by atomic mass is 127. The minimum Gasteiger partial charge on any atom is -0.486 e. The first kappa shape index (κ1) is 25.1. The van der Waals surface area contributed by atoms with Gasteiger partial charge < -0.3 is 4.74 Å². The Labute approximate surface area is 228 Å². The van der Waals surface area contributed by atoms with Crippen LogP contribution in [0.5, 0.6) is 5.75 Å². The van der Waals surface area contributed by atoms with Gasteiger partial charge in [0.2, 0.25) is 0 Å². The average molecular weight is 677 g/mol. The van der Waals surface area contributed by atoms with Crippen LogP contribution in [0.15, 0.2) is 103 Å². The zero-order valence-corrected chi connectivity index (χ0v) is 23.0. The number of hydrogen-bond donors (Lipinski definition) is 0. The van der Waals surface area contributed by atoms with Gasteiger partial charge in [-0.1, -0.05) is 72.8 Å². The normalized spacial score (nSPS) is 12.0. The Morgan fingerprint density at radius 1 is 0.706 bits per heavy atom. The lowest BCUT2D eigenvalue weighted by molar-refractivity contribution is 0.154. The second-order valence-electron chi connectivity index (χ2n) is 8.20. The fraction of sp³-hybridized carbons (Fsp3) is 0.172. The maximum Gasteiger partial charge on any atom is 0.131 e. The van der Waals surface area contributed by atoms with Crippen LogP contribution in [-0.4, -0.2) is 11.4 Å². The van der Waals surface area contributed by atoms with Crippen LogP contribution in [0.25, 0.3) is 0 Å². The van der Waals surface area contributed by atoms with Crippen molar-refractivity contribution in [2.24, 2.45) is 0 Å². The molecule has 1 unspecified atom stereocenters. The second-order valence-corrected chi connectivity index (χ2v) is 10.7. The SMILES string of the molecule is Fc1cc(I)ccc1C(CCN(Cc1ccccc1)Cc1ccccc1)Oc1cccc(I)c1. The first-order valence-corrected chi connectivity index (χ1v) is 13.4. The molecule has 0 radical (unpaired) electrons. The van der Waals surface area contributed by atoms with Gasteiger partial charge in [0.25, 0.3) is 0 Å². The third kappa shape index (κ3) is 7.52. The van der Waals surface area contributed by atoms with Crippen LogP contribution in [0.1, 0.15) is 29.2 Å². The quantitative estimate of drug-likeness (QED) is 0.157. The first-order chi connectivity index (χ1) is 16.6. The van der Waals surface area contributed by atoms with Gasteiger partial charge in [0.15, 0.2) is 0 Å². The van der Waals surface area contributed by atoms with E-state index in [1.54, 1.807) is 6.07 Å². The van der Waals surface area contributed by atoms with Crippen LogP contribution < -0.4 is 4.74 Å². The maximum absolute atomic E-state index is 15.0. The van der Waals surface area contributed by atoms with E-state index in [2.05, 4.69) is 98.6 Å². The third-order valence-electron chi connectivity index (χ3n) is 5.59. The van der Waals surface area contributed by atoms with Crippen LogP contribution in [0.4, 0.5) is 4.39 Å². The van der Waals surface area contributed by atoms with E-state index in [-0.39, 0.29) is 11.9 Å². The summed E-state index contributed by atoms with van der Waals surface area (Å²) in [6, 6.07) is 34.2. The van der Waals surface area contributed by atoms with Crippen molar-refractivity contribution in [2.45, 2.75) is 25.6 Å². The summed E-state index contributed by atoms with van der Waals surface area (Å²) in [6.07, 6.45) is 0.284. The average Bonchev–Trinajstić information content (AvgIpc) is 2.83. The van der Waals surface area contributed by atoms with E-state index < -0.39 is 0 Å². The fourth-order valence-corrected chi connectivity index (χ4v) is 4.91. The number of rotatable bonds is 10. The molecular weight excluding hydrogens is 651 g/mol. The van der Waals surface area contributed by atoms with Gasteiger partial charge >= 0.3 is 0 Å². The van der Waals surface area contributed by atoms with Crippen molar-refractivity contribution >= 4 is 45.2 Å². The van der Waals surface area contributed by atoms with E-state index in [0.717, 1.165) is 32.5 Å². The number of benzene rings is 4. The number of halogens is 3. The summed E-state index contributed by atoms with van der Waals surface area (Å²) in [7, 11) is 0.